The van der Waals surface area contributed by atoms with E-state index in [0.29, 0.717) is 6.04 Å². The summed E-state index contributed by atoms with van der Waals surface area (Å²) in [6.45, 7) is 8.91. The van der Waals surface area contributed by atoms with E-state index in [1.807, 2.05) is 19.3 Å². The zero-order valence-corrected chi connectivity index (χ0v) is 14.2. The molecule has 0 saturated heterocycles. The highest BCUT2D eigenvalue weighted by molar-refractivity contribution is 14.0. The Bertz CT molecular complexity index is 415. The second kappa shape index (κ2) is 7.72. The van der Waals surface area contributed by atoms with Crippen LogP contribution < -0.4 is 10.6 Å². The van der Waals surface area contributed by atoms with E-state index in [1.54, 1.807) is 0 Å². The van der Waals surface area contributed by atoms with E-state index < -0.39 is 0 Å². The van der Waals surface area contributed by atoms with Crippen molar-refractivity contribution in [3.63, 3.8) is 0 Å². The summed E-state index contributed by atoms with van der Waals surface area (Å²) in [5.74, 6) is 2.76. The maximum absolute atomic E-state index is 4.59. The molecule has 1 heterocycles. The van der Waals surface area contributed by atoms with Crippen molar-refractivity contribution < 1.29 is 0 Å². The third kappa shape index (κ3) is 5.00. The highest BCUT2D eigenvalue weighted by atomic mass is 127. The molecule has 1 aliphatic rings. The molecule has 2 atom stereocenters. The van der Waals surface area contributed by atoms with Crippen molar-refractivity contribution in [1.29, 1.82) is 0 Å². The van der Waals surface area contributed by atoms with Gasteiger partial charge in [-0.3, -0.25) is 4.99 Å². The predicted octanol–water partition coefficient (Wildman–Crippen LogP) is 1.77. The Morgan fingerprint density at radius 3 is 2.84 bits per heavy atom. The summed E-state index contributed by atoms with van der Waals surface area (Å²) in [4.78, 5) is 8.79. The number of aliphatic imine (C=N–C) groups is 1. The summed E-state index contributed by atoms with van der Waals surface area (Å²) in [7, 11) is 0. The molecule has 0 amide bonds. The fraction of sp³-hybridized carbons (Fsp3) is 0.692. The molecule has 2 rings (SSSR count). The molecule has 6 heteroatoms. The van der Waals surface area contributed by atoms with E-state index in [1.165, 1.54) is 6.42 Å². The summed E-state index contributed by atoms with van der Waals surface area (Å²) in [5, 5.41) is 6.73. The third-order valence-corrected chi connectivity index (χ3v) is 3.31. The SMILES string of the molecule is CCNC(=NCCn1ccnc1C)NC1CC1C.I. The predicted molar refractivity (Wildman–Crippen MR) is 89.1 cm³/mol. The Kier molecular flexibility index (Phi) is 6.60. The second-order valence-corrected chi connectivity index (χ2v) is 4.89. The van der Waals surface area contributed by atoms with Gasteiger partial charge in [0.15, 0.2) is 5.96 Å². The van der Waals surface area contributed by atoms with Gasteiger partial charge in [0.2, 0.25) is 0 Å². The van der Waals surface area contributed by atoms with E-state index in [4.69, 9.17) is 0 Å². The van der Waals surface area contributed by atoms with Crippen LogP contribution in [0, 0.1) is 12.8 Å². The van der Waals surface area contributed by atoms with Gasteiger partial charge < -0.3 is 15.2 Å². The van der Waals surface area contributed by atoms with Gasteiger partial charge in [-0.05, 0) is 26.2 Å². The van der Waals surface area contributed by atoms with E-state index in [-0.39, 0.29) is 24.0 Å². The molecule has 1 aliphatic carbocycles. The van der Waals surface area contributed by atoms with Gasteiger partial charge in [0, 0.05) is 31.5 Å². The Labute approximate surface area is 132 Å². The Morgan fingerprint density at radius 2 is 2.32 bits per heavy atom. The summed E-state index contributed by atoms with van der Waals surface area (Å²) in [6, 6.07) is 0.609. The van der Waals surface area contributed by atoms with Crippen LogP contribution in [0.2, 0.25) is 0 Å². The highest BCUT2D eigenvalue weighted by Gasteiger charge is 2.33. The number of aromatic nitrogens is 2. The Morgan fingerprint density at radius 1 is 1.58 bits per heavy atom. The first-order valence-electron chi connectivity index (χ1n) is 6.73. The second-order valence-electron chi connectivity index (χ2n) is 4.89. The number of guanidine groups is 1. The molecule has 1 aromatic rings. The van der Waals surface area contributed by atoms with Crippen LogP contribution in [0.1, 0.15) is 26.1 Å². The van der Waals surface area contributed by atoms with Gasteiger partial charge in [0.25, 0.3) is 0 Å². The topological polar surface area (TPSA) is 54.2 Å². The molecule has 1 saturated carbocycles. The fourth-order valence-electron chi connectivity index (χ4n) is 1.93. The number of rotatable bonds is 5. The number of aryl methyl sites for hydroxylation is 1. The molecule has 1 fully saturated rings. The van der Waals surface area contributed by atoms with Crippen molar-refractivity contribution in [3.05, 3.63) is 18.2 Å². The van der Waals surface area contributed by atoms with Crippen LogP contribution in [-0.4, -0.2) is 34.6 Å². The van der Waals surface area contributed by atoms with Crippen molar-refractivity contribution >= 4 is 29.9 Å². The largest absolute Gasteiger partial charge is 0.357 e. The zero-order chi connectivity index (χ0) is 13.0. The van der Waals surface area contributed by atoms with Gasteiger partial charge in [-0.15, -0.1) is 24.0 Å². The number of hydrogen-bond acceptors (Lipinski definition) is 2. The van der Waals surface area contributed by atoms with E-state index in [9.17, 15) is 0 Å². The van der Waals surface area contributed by atoms with Crippen LogP contribution >= 0.6 is 24.0 Å². The smallest absolute Gasteiger partial charge is 0.191 e. The fourth-order valence-corrected chi connectivity index (χ4v) is 1.93. The number of nitrogens with one attached hydrogen (secondary N) is 2. The van der Waals surface area contributed by atoms with Gasteiger partial charge >= 0.3 is 0 Å². The lowest BCUT2D eigenvalue weighted by Gasteiger charge is -2.11. The monoisotopic (exact) mass is 377 g/mol. The molecule has 0 aromatic carbocycles. The molecule has 0 bridgehead atoms. The maximum atomic E-state index is 4.59. The molecule has 2 unspecified atom stereocenters. The molecule has 19 heavy (non-hydrogen) atoms. The minimum atomic E-state index is 0. The molecule has 108 valence electrons. The summed E-state index contributed by atoms with van der Waals surface area (Å²) >= 11 is 0. The zero-order valence-electron chi connectivity index (χ0n) is 11.9. The lowest BCUT2D eigenvalue weighted by atomic mass is 10.5. The van der Waals surface area contributed by atoms with E-state index in [2.05, 4.69) is 39.0 Å². The van der Waals surface area contributed by atoms with Gasteiger partial charge in [0.05, 0.1) is 6.54 Å². The molecule has 0 spiro atoms. The number of imidazole rings is 1. The van der Waals surface area contributed by atoms with Gasteiger partial charge in [-0.2, -0.15) is 0 Å². The van der Waals surface area contributed by atoms with E-state index >= 15 is 0 Å². The van der Waals surface area contributed by atoms with Crippen LogP contribution in [0.25, 0.3) is 0 Å². The summed E-state index contributed by atoms with van der Waals surface area (Å²) < 4.78 is 2.12. The number of hydrogen-bond donors (Lipinski definition) is 2. The lowest BCUT2D eigenvalue weighted by Crippen LogP contribution is -2.39. The lowest BCUT2D eigenvalue weighted by molar-refractivity contribution is 0.675. The van der Waals surface area contributed by atoms with Crippen LogP contribution in [0.5, 0.6) is 0 Å². The van der Waals surface area contributed by atoms with Crippen molar-refractivity contribution in [2.24, 2.45) is 10.9 Å². The first-order chi connectivity index (χ1) is 8.70. The van der Waals surface area contributed by atoms with Crippen LogP contribution in [0.4, 0.5) is 0 Å². The molecular formula is C13H24IN5. The van der Waals surface area contributed by atoms with Gasteiger partial charge in [-0.1, -0.05) is 6.92 Å². The molecular weight excluding hydrogens is 353 g/mol. The first kappa shape index (κ1) is 16.3. The van der Waals surface area contributed by atoms with E-state index in [0.717, 1.165) is 37.3 Å². The molecule has 1 aromatic heterocycles. The number of nitrogens with zero attached hydrogens (tertiary/aromatic N) is 3. The van der Waals surface area contributed by atoms with Crippen molar-refractivity contribution in [1.82, 2.24) is 20.2 Å². The molecule has 2 N–H and O–H groups in total. The molecule has 0 radical (unpaired) electrons. The van der Waals surface area contributed by atoms with Crippen LogP contribution in [-0.2, 0) is 6.54 Å². The minimum absolute atomic E-state index is 0. The minimum Gasteiger partial charge on any atom is -0.357 e. The third-order valence-electron chi connectivity index (χ3n) is 3.31. The summed E-state index contributed by atoms with van der Waals surface area (Å²) in [5.41, 5.74) is 0. The van der Waals surface area contributed by atoms with Crippen molar-refractivity contribution in [2.45, 2.75) is 39.8 Å². The average Bonchev–Trinajstić information content (AvgIpc) is 2.86. The number of halogens is 1. The maximum Gasteiger partial charge on any atom is 0.191 e. The molecule has 0 aliphatic heterocycles. The first-order valence-corrected chi connectivity index (χ1v) is 6.73. The van der Waals surface area contributed by atoms with Crippen LogP contribution in [0.3, 0.4) is 0 Å². The van der Waals surface area contributed by atoms with Crippen molar-refractivity contribution in [2.75, 3.05) is 13.1 Å². The highest BCUT2D eigenvalue weighted by Crippen LogP contribution is 2.28. The summed E-state index contributed by atoms with van der Waals surface area (Å²) in [6.07, 6.45) is 5.08. The Hall–Kier alpha value is -0.790. The van der Waals surface area contributed by atoms with Gasteiger partial charge in [0.1, 0.15) is 5.82 Å². The van der Waals surface area contributed by atoms with Gasteiger partial charge in [-0.25, -0.2) is 4.98 Å². The standard InChI is InChI=1S/C13H23N5.HI/c1-4-14-13(17-12-9-10(12)2)16-6-8-18-7-5-15-11(18)3;/h5,7,10,12H,4,6,8-9H2,1-3H3,(H2,14,16,17);1H. The quantitative estimate of drug-likeness (QED) is 0.467. The normalized spacial score (nSPS) is 21.7. The van der Waals surface area contributed by atoms with Crippen LogP contribution in [0.15, 0.2) is 17.4 Å². The van der Waals surface area contributed by atoms with Crippen molar-refractivity contribution in [3.8, 4) is 0 Å². The average molecular weight is 377 g/mol. The molecule has 5 nitrogen and oxygen atoms in total. The Balaban J connectivity index is 0.00000180.